The molecular weight excluding hydrogens is 136 g/mol. The van der Waals surface area contributed by atoms with Crippen LogP contribution in [0.15, 0.2) is 24.3 Å². The molecule has 0 radical (unpaired) electrons. The Kier molecular flexibility index (Phi) is 3.12. The predicted molar refractivity (Wildman–Crippen MR) is 46.7 cm³/mol. The van der Waals surface area contributed by atoms with Gasteiger partial charge in [0.25, 0.3) is 0 Å². The van der Waals surface area contributed by atoms with Gasteiger partial charge in [0, 0.05) is 0 Å². The maximum Gasteiger partial charge on any atom is 0.0701 e. The van der Waals surface area contributed by atoms with Crippen molar-refractivity contribution >= 4 is 0 Å². The summed E-state index contributed by atoms with van der Waals surface area (Å²) in [6.45, 7) is 6.19. The topological polar surface area (TPSA) is 12.5 Å². The number of hydrogen-bond donors (Lipinski definition) is 0. The van der Waals surface area contributed by atoms with Crippen molar-refractivity contribution in [2.24, 2.45) is 0 Å². The first-order chi connectivity index (χ1) is 5.29. The van der Waals surface area contributed by atoms with Crippen LogP contribution in [0.4, 0.5) is 0 Å². The lowest BCUT2D eigenvalue weighted by Crippen LogP contribution is -1.70. The minimum atomic E-state index is 1.00. The van der Waals surface area contributed by atoms with Crippen LogP contribution in [-0.4, -0.2) is 13.2 Å². The molecule has 1 aliphatic rings. The van der Waals surface area contributed by atoms with E-state index in [0.717, 1.165) is 13.2 Å². The molecule has 1 aromatic rings. The monoisotopic (exact) mass is 150 g/mol. The standard InChI is InChI=1S/C8H10.C2H4O/c1-7-3-5-8(2)6-4-7;1-2-3-1/h3-6H,1-2H3;1-2H2. The van der Waals surface area contributed by atoms with E-state index in [1.165, 1.54) is 11.1 Å². The van der Waals surface area contributed by atoms with Crippen LogP contribution < -0.4 is 0 Å². The van der Waals surface area contributed by atoms with E-state index in [4.69, 9.17) is 0 Å². The summed E-state index contributed by atoms with van der Waals surface area (Å²) in [6, 6.07) is 8.48. The largest absolute Gasteiger partial charge is 0.377 e. The number of aryl methyl sites for hydroxylation is 2. The van der Waals surface area contributed by atoms with Gasteiger partial charge in [-0.05, 0) is 13.8 Å². The van der Waals surface area contributed by atoms with Crippen molar-refractivity contribution in [1.82, 2.24) is 0 Å². The smallest absolute Gasteiger partial charge is 0.0701 e. The number of epoxide rings is 1. The van der Waals surface area contributed by atoms with Crippen LogP contribution in [-0.2, 0) is 4.74 Å². The molecule has 0 N–H and O–H groups in total. The molecule has 2 rings (SSSR count). The molecule has 0 spiro atoms. The summed E-state index contributed by atoms with van der Waals surface area (Å²) in [4.78, 5) is 0. The summed E-state index contributed by atoms with van der Waals surface area (Å²) in [5.74, 6) is 0. The molecule has 1 fully saturated rings. The number of hydrogen-bond acceptors (Lipinski definition) is 1. The van der Waals surface area contributed by atoms with Gasteiger partial charge in [-0.3, -0.25) is 0 Å². The van der Waals surface area contributed by atoms with Crippen LogP contribution in [0.25, 0.3) is 0 Å². The van der Waals surface area contributed by atoms with E-state index in [1.54, 1.807) is 0 Å². The Bertz CT molecular complexity index is 175. The Morgan fingerprint density at radius 1 is 0.909 bits per heavy atom. The Morgan fingerprint density at radius 3 is 1.36 bits per heavy atom. The molecule has 1 aliphatic heterocycles. The fraction of sp³-hybridized carbons (Fsp3) is 0.400. The molecule has 0 aromatic heterocycles. The Morgan fingerprint density at radius 2 is 1.18 bits per heavy atom. The number of benzene rings is 1. The minimum Gasteiger partial charge on any atom is -0.377 e. The van der Waals surface area contributed by atoms with Crippen molar-refractivity contribution in [3.63, 3.8) is 0 Å². The fourth-order valence-electron chi connectivity index (χ4n) is 0.637. The van der Waals surface area contributed by atoms with Crippen molar-refractivity contribution in [3.8, 4) is 0 Å². The van der Waals surface area contributed by atoms with E-state index < -0.39 is 0 Å². The van der Waals surface area contributed by atoms with Gasteiger partial charge in [0.05, 0.1) is 13.2 Å². The lowest BCUT2D eigenvalue weighted by atomic mass is 10.2. The van der Waals surface area contributed by atoms with Crippen molar-refractivity contribution in [1.29, 1.82) is 0 Å². The summed E-state index contributed by atoms with van der Waals surface area (Å²) >= 11 is 0. The molecule has 60 valence electrons. The zero-order valence-electron chi connectivity index (χ0n) is 7.13. The first-order valence-electron chi connectivity index (χ1n) is 3.90. The lowest BCUT2D eigenvalue weighted by Gasteiger charge is -1.90. The zero-order valence-corrected chi connectivity index (χ0v) is 7.13. The third kappa shape index (κ3) is 4.57. The van der Waals surface area contributed by atoms with Crippen LogP contribution in [0.1, 0.15) is 11.1 Å². The first kappa shape index (κ1) is 8.28. The maximum atomic E-state index is 4.50. The molecule has 0 amide bonds. The first-order valence-corrected chi connectivity index (χ1v) is 3.90. The summed E-state index contributed by atoms with van der Waals surface area (Å²) in [7, 11) is 0. The SMILES string of the molecule is C1CO1.Cc1ccc(C)cc1. The van der Waals surface area contributed by atoms with Crippen molar-refractivity contribution in [3.05, 3.63) is 35.4 Å². The fourth-order valence-corrected chi connectivity index (χ4v) is 0.637. The van der Waals surface area contributed by atoms with Gasteiger partial charge in [-0.15, -0.1) is 0 Å². The van der Waals surface area contributed by atoms with Crippen LogP contribution >= 0.6 is 0 Å². The highest BCUT2D eigenvalue weighted by Gasteiger charge is 1.94. The molecule has 1 heterocycles. The third-order valence-corrected chi connectivity index (χ3v) is 1.42. The summed E-state index contributed by atoms with van der Waals surface area (Å²) < 4.78 is 4.50. The van der Waals surface area contributed by atoms with Gasteiger partial charge in [-0.1, -0.05) is 35.4 Å². The molecular formula is C10H14O. The Balaban J connectivity index is 0.000000167. The lowest BCUT2D eigenvalue weighted by molar-refractivity contribution is 0.475. The van der Waals surface area contributed by atoms with Gasteiger partial charge in [-0.2, -0.15) is 0 Å². The molecule has 1 nitrogen and oxygen atoms in total. The van der Waals surface area contributed by atoms with E-state index in [0.29, 0.717) is 0 Å². The molecule has 0 bridgehead atoms. The van der Waals surface area contributed by atoms with Gasteiger partial charge < -0.3 is 4.74 Å². The highest BCUT2D eigenvalue weighted by molar-refractivity contribution is 5.19. The number of rotatable bonds is 0. The van der Waals surface area contributed by atoms with Crippen LogP contribution in [0.5, 0.6) is 0 Å². The Hall–Kier alpha value is -0.820. The average molecular weight is 150 g/mol. The molecule has 1 heteroatoms. The molecule has 1 aromatic carbocycles. The highest BCUT2D eigenvalue weighted by atomic mass is 16.6. The predicted octanol–water partition coefficient (Wildman–Crippen LogP) is 2.32. The second-order valence-electron chi connectivity index (χ2n) is 2.77. The minimum absolute atomic E-state index is 1.00. The van der Waals surface area contributed by atoms with Crippen molar-refractivity contribution < 1.29 is 4.74 Å². The second-order valence-corrected chi connectivity index (χ2v) is 2.77. The maximum absolute atomic E-state index is 4.50. The normalized spacial score (nSPS) is 13.3. The van der Waals surface area contributed by atoms with Gasteiger partial charge in [0.1, 0.15) is 0 Å². The Labute approximate surface area is 68.0 Å². The molecule has 0 saturated carbocycles. The van der Waals surface area contributed by atoms with Gasteiger partial charge in [0.2, 0.25) is 0 Å². The van der Waals surface area contributed by atoms with Crippen LogP contribution in [0.3, 0.4) is 0 Å². The van der Waals surface area contributed by atoms with E-state index in [-0.39, 0.29) is 0 Å². The zero-order chi connectivity index (χ0) is 8.10. The second kappa shape index (κ2) is 4.14. The molecule has 0 aliphatic carbocycles. The summed E-state index contributed by atoms with van der Waals surface area (Å²) in [5.41, 5.74) is 2.66. The van der Waals surface area contributed by atoms with E-state index in [1.807, 2.05) is 0 Å². The average Bonchev–Trinajstić information content (AvgIpc) is 2.80. The van der Waals surface area contributed by atoms with Crippen LogP contribution in [0, 0.1) is 13.8 Å². The summed E-state index contributed by atoms with van der Waals surface area (Å²) in [5, 5.41) is 0. The summed E-state index contributed by atoms with van der Waals surface area (Å²) in [6.07, 6.45) is 0. The molecule has 11 heavy (non-hydrogen) atoms. The van der Waals surface area contributed by atoms with Gasteiger partial charge in [0.15, 0.2) is 0 Å². The van der Waals surface area contributed by atoms with Crippen molar-refractivity contribution in [2.75, 3.05) is 13.2 Å². The van der Waals surface area contributed by atoms with Crippen LogP contribution in [0.2, 0.25) is 0 Å². The van der Waals surface area contributed by atoms with Gasteiger partial charge in [-0.25, -0.2) is 0 Å². The highest BCUT2D eigenvalue weighted by Crippen LogP contribution is 1.99. The van der Waals surface area contributed by atoms with Gasteiger partial charge >= 0.3 is 0 Å². The molecule has 1 saturated heterocycles. The number of ether oxygens (including phenoxy) is 1. The van der Waals surface area contributed by atoms with Crippen molar-refractivity contribution in [2.45, 2.75) is 13.8 Å². The molecule has 0 atom stereocenters. The van der Waals surface area contributed by atoms with E-state index >= 15 is 0 Å². The van der Waals surface area contributed by atoms with E-state index in [2.05, 4.69) is 42.8 Å². The quantitative estimate of drug-likeness (QED) is 0.517. The third-order valence-electron chi connectivity index (χ3n) is 1.42. The molecule has 0 unspecified atom stereocenters. The van der Waals surface area contributed by atoms with E-state index in [9.17, 15) is 0 Å².